The van der Waals surface area contributed by atoms with Gasteiger partial charge in [0.25, 0.3) is 0 Å². The van der Waals surface area contributed by atoms with Gasteiger partial charge in [-0.2, -0.15) is 0 Å². The first-order valence-corrected chi connectivity index (χ1v) is 7.25. The molecule has 0 N–H and O–H groups in total. The molecule has 0 unspecified atom stereocenters. The van der Waals surface area contributed by atoms with Gasteiger partial charge in [-0.05, 0) is 37.5 Å². The van der Waals surface area contributed by atoms with E-state index in [9.17, 15) is 4.79 Å². The maximum absolute atomic E-state index is 11.3. The molecule has 0 amide bonds. The van der Waals surface area contributed by atoms with Gasteiger partial charge in [-0.1, -0.05) is 11.3 Å². The third-order valence-corrected chi connectivity index (χ3v) is 4.62. The molecule has 0 spiro atoms. The molecule has 1 aromatic rings. The lowest BCUT2D eigenvalue weighted by Crippen LogP contribution is -2.27. The minimum atomic E-state index is 0.131. The van der Waals surface area contributed by atoms with Crippen LogP contribution in [0.5, 0.6) is 0 Å². The number of Topliss-reactive ketones (excluding diaryl/α,β-unsaturated/α-hetero) is 1. The fraction of sp³-hybridized carbons (Fsp3) is 0.692. The van der Waals surface area contributed by atoms with Gasteiger partial charge in [-0.3, -0.25) is 4.79 Å². The van der Waals surface area contributed by atoms with Crippen molar-refractivity contribution in [2.75, 3.05) is 18.0 Å². The van der Waals surface area contributed by atoms with Crippen molar-refractivity contribution in [3.05, 3.63) is 11.1 Å². The average molecular weight is 250 g/mol. The largest absolute Gasteiger partial charge is 0.348 e. The zero-order valence-electron chi connectivity index (χ0n) is 10.2. The predicted octanol–water partition coefficient (Wildman–Crippen LogP) is 2.97. The van der Waals surface area contributed by atoms with E-state index in [2.05, 4.69) is 9.88 Å². The van der Waals surface area contributed by atoms with Crippen molar-refractivity contribution in [3.8, 4) is 0 Å². The van der Waals surface area contributed by atoms with Crippen LogP contribution in [0.25, 0.3) is 0 Å². The molecule has 2 aliphatic rings. The van der Waals surface area contributed by atoms with Gasteiger partial charge in [0.05, 0.1) is 11.1 Å². The second-order valence-electron chi connectivity index (χ2n) is 5.36. The second kappa shape index (κ2) is 4.41. The van der Waals surface area contributed by atoms with E-state index in [1.54, 1.807) is 24.5 Å². The smallest absolute Gasteiger partial charge is 0.185 e. The Balaban J connectivity index is 1.72. The fourth-order valence-electron chi connectivity index (χ4n) is 2.03. The highest BCUT2D eigenvalue weighted by molar-refractivity contribution is 7.17. The third-order valence-electron chi connectivity index (χ3n) is 3.46. The molecule has 3 rings (SSSR count). The maximum atomic E-state index is 11.3. The molecule has 0 bridgehead atoms. The molecule has 1 heterocycles. The molecule has 0 aliphatic heterocycles. The van der Waals surface area contributed by atoms with Gasteiger partial charge in [-0.25, -0.2) is 4.98 Å². The average Bonchev–Trinajstić information content (AvgIpc) is 3.21. The van der Waals surface area contributed by atoms with Crippen LogP contribution in [0, 0.1) is 11.8 Å². The van der Waals surface area contributed by atoms with Gasteiger partial charge in [0, 0.05) is 20.0 Å². The highest BCUT2D eigenvalue weighted by Crippen LogP contribution is 2.36. The number of hydrogen-bond acceptors (Lipinski definition) is 4. The standard InChI is InChI=1S/C13H18N2OS/c1-9(16)12-6-14-13(17-12)15(7-10-2-3-10)8-11-4-5-11/h6,10-11H,2-5,7-8H2,1H3. The number of ketones is 1. The Morgan fingerprint density at radius 2 is 1.94 bits per heavy atom. The van der Waals surface area contributed by atoms with Crippen LogP contribution in [-0.4, -0.2) is 23.9 Å². The molecule has 0 radical (unpaired) electrons. The van der Waals surface area contributed by atoms with E-state index < -0.39 is 0 Å². The van der Waals surface area contributed by atoms with Gasteiger partial charge in [0.2, 0.25) is 0 Å². The van der Waals surface area contributed by atoms with E-state index in [0.717, 1.165) is 34.9 Å². The number of nitrogens with zero attached hydrogens (tertiary/aromatic N) is 2. The van der Waals surface area contributed by atoms with Crippen LogP contribution in [-0.2, 0) is 0 Å². The van der Waals surface area contributed by atoms with Crippen molar-refractivity contribution in [1.29, 1.82) is 0 Å². The summed E-state index contributed by atoms with van der Waals surface area (Å²) in [6.45, 7) is 3.89. The molecule has 0 aromatic carbocycles. The minimum Gasteiger partial charge on any atom is -0.348 e. The molecule has 2 fully saturated rings. The van der Waals surface area contributed by atoms with Crippen LogP contribution >= 0.6 is 11.3 Å². The summed E-state index contributed by atoms with van der Waals surface area (Å²) >= 11 is 1.55. The number of anilines is 1. The lowest BCUT2D eigenvalue weighted by Gasteiger charge is -2.21. The number of carbonyl (C=O) groups is 1. The van der Waals surface area contributed by atoms with Crippen LogP contribution in [0.15, 0.2) is 6.20 Å². The summed E-state index contributed by atoms with van der Waals surface area (Å²) in [6.07, 6.45) is 7.20. The van der Waals surface area contributed by atoms with Crippen LogP contribution < -0.4 is 4.90 Å². The van der Waals surface area contributed by atoms with E-state index in [4.69, 9.17) is 0 Å². The third kappa shape index (κ3) is 2.86. The van der Waals surface area contributed by atoms with Crippen molar-refractivity contribution >= 4 is 22.3 Å². The first kappa shape index (κ1) is 11.2. The Hall–Kier alpha value is -0.900. The van der Waals surface area contributed by atoms with E-state index in [-0.39, 0.29) is 5.78 Å². The molecule has 0 saturated heterocycles. The number of carbonyl (C=O) groups excluding carboxylic acids is 1. The number of hydrogen-bond donors (Lipinski definition) is 0. The van der Waals surface area contributed by atoms with Gasteiger partial charge < -0.3 is 4.90 Å². The highest BCUT2D eigenvalue weighted by atomic mass is 32.1. The predicted molar refractivity (Wildman–Crippen MR) is 69.8 cm³/mol. The molecule has 2 saturated carbocycles. The quantitative estimate of drug-likeness (QED) is 0.728. The Morgan fingerprint density at radius 1 is 1.35 bits per heavy atom. The first-order valence-electron chi connectivity index (χ1n) is 6.44. The van der Waals surface area contributed by atoms with Crippen molar-refractivity contribution in [3.63, 3.8) is 0 Å². The topological polar surface area (TPSA) is 33.2 Å². The lowest BCUT2D eigenvalue weighted by atomic mass is 10.3. The number of rotatable bonds is 6. The second-order valence-corrected chi connectivity index (χ2v) is 6.36. The lowest BCUT2D eigenvalue weighted by molar-refractivity contribution is 0.102. The zero-order chi connectivity index (χ0) is 11.8. The van der Waals surface area contributed by atoms with Crippen LogP contribution in [0.4, 0.5) is 5.13 Å². The summed E-state index contributed by atoms with van der Waals surface area (Å²) in [6, 6.07) is 0. The van der Waals surface area contributed by atoms with Crippen molar-refractivity contribution < 1.29 is 4.79 Å². The van der Waals surface area contributed by atoms with Crippen molar-refractivity contribution in [2.24, 2.45) is 11.8 Å². The van der Waals surface area contributed by atoms with E-state index >= 15 is 0 Å². The first-order chi connectivity index (χ1) is 8.22. The molecule has 92 valence electrons. The molecule has 0 atom stereocenters. The molecule has 2 aliphatic carbocycles. The summed E-state index contributed by atoms with van der Waals surface area (Å²) < 4.78 is 0. The molecular formula is C13H18N2OS. The molecule has 17 heavy (non-hydrogen) atoms. The van der Waals surface area contributed by atoms with Gasteiger partial charge in [-0.15, -0.1) is 0 Å². The summed E-state index contributed by atoms with van der Waals surface area (Å²) in [5.74, 6) is 1.88. The maximum Gasteiger partial charge on any atom is 0.185 e. The number of aromatic nitrogens is 1. The Morgan fingerprint density at radius 3 is 2.35 bits per heavy atom. The van der Waals surface area contributed by atoms with Crippen LogP contribution in [0.1, 0.15) is 42.3 Å². The minimum absolute atomic E-state index is 0.131. The van der Waals surface area contributed by atoms with E-state index in [1.165, 1.54) is 25.7 Å². The zero-order valence-corrected chi connectivity index (χ0v) is 11.0. The van der Waals surface area contributed by atoms with Crippen molar-refractivity contribution in [2.45, 2.75) is 32.6 Å². The summed E-state index contributed by atoms with van der Waals surface area (Å²) in [7, 11) is 0. The van der Waals surface area contributed by atoms with Gasteiger partial charge >= 0.3 is 0 Å². The van der Waals surface area contributed by atoms with Crippen molar-refractivity contribution in [1.82, 2.24) is 4.98 Å². The van der Waals surface area contributed by atoms with Crippen LogP contribution in [0.3, 0.4) is 0 Å². The molecule has 3 nitrogen and oxygen atoms in total. The van der Waals surface area contributed by atoms with E-state index in [1.807, 2.05) is 0 Å². The Kier molecular flexibility index (Phi) is 2.90. The van der Waals surface area contributed by atoms with Crippen LogP contribution in [0.2, 0.25) is 0 Å². The Bertz CT molecular complexity index is 407. The monoisotopic (exact) mass is 250 g/mol. The van der Waals surface area contributed by atoms with Gasteiger partial charge in [0.1, 0.15) is 0 Å². The normalized spacial score (nSPS) is 19.4. The fourth-order valence-corrected chi connectivity index (χ4v) is 2.86. The molecule has 1 aromatic heterocycles. The number of thiazole rings is 1. The van der Waals surface area contributed by atoms with Gasteiger partial charge in [0.15, 0.2) is 10.9 Å². The molecular weight excluding hydrogens is 232 g/mol. The summed E-state index contributed by atoms with van der Waals surface area (Å²) in [5.41, 5.74) is 0. The Labute approximate surface area is 106 Å². The van der Waals surface area contributed by atoms with E-state index in [0.29, 0.717) is 0 Å². The SMILES string of the molecule is CC(=O)c1cnc(N(CC2CC2)CC2CC2)s1. The summed E-state index contributed by atoms with van der Waals surface area (Å²) in [5, 5.41) is 1.05. The summed E-state index contributed by atoms with van der Waals surface area (Å²) in [4.78, 5) is 18.9. The molecule has 4 heteroatoms. The highest BCUT2D eigenvalue weighted by Gasteiger charge is 2.30.